The van der Waals surface area contributed by atoms with E-state index in [0.717, 1.165) is 35.1 Å². The van der Waals surface area contributed by atoms with Crippen molar-refractivity contribution in [2.75, 3.05) is 7.11 Å². The fourth-order valence-corrected chi connectivity index (χ4v) is 4.02. The minimum Gasteiger partial charge on any atom is -0.480 e. The number of hydrogen-bond donors (Lipinski definition) is 0. The molecule has 0 N–H and O–H groups in total. The molecule has 1 aliphatic rings. The van der Waals surface area contributed by atoms with E-state index in [2.05, 4.69) is 15.4 Å². The summed E-state index contributed by atoms with van der Waals surface area (Å²) in [5.41, 5.74) is 4.23. The summed E-state index contributed by atoms with van der Waals surface area (Å²) in [7, 11) is 1.58. The number of methoxy groups -OCH3 is 1. The van der Waals surface area contributed by atoms with Gasteiger partial charge in [-0.25, -0.2) is 9.07 Å². The average molecular weight is 462 g/mol. The predicted molar refractivity (Wildman–Crippen MR) is 125 cm³/mol. The zero-order valence-electron chi connectivity index (χ0n) is 19.4. The molecule has 2 aromatic heterocycles. The summed E-state index contributed by atoms with van der Waals surface area (Å²) in [4.78, 5) is 0. The molecule has 0 aliphatic heterocycles. The Morgan fingerprint density at radius 2 is 1.94 bits per heavy atom. The maximum absolute atomic E-state index is 14.3. The van der Waals surface area contributed by atoms with Crippen LogP contribution in [0.25, 0.3) is 5.69 Å². The van der Waals surface area contributed by atoms with Crippen LogP contribution in [0.1, 0.15) is 48.4 Å². The second-order valence-corrected chi connectivity index (χ2v) is 8.78. The Bertz CT molecular complexity index is 1250. The van der Waals surface area contributed by atoms with Crippen molar-refractivity contribution in [3.8, 4) is 11.6 Å². The van der Waals surface area contributed by atoms with Crippen molar-refractivity contribution in [2.45, 2.75) is 45.4 Å². The first-order valence-electron chi connectivity index (χ1n) is 11.6. The first kappa shape index (κ1) is 22.3. The van der Waals surface area contributed by atoms with Crippen LogP contribution >= 0.6 is 0 Å². The summed E-state index contributed by atoms with van der Waals surface area (Å²) in [6.45, 7) is 3.26. The number of hydrogen-bond acceptors (Lipinski definition) is 5. The zero-order valence-corrected chi connectivity index (χ0v) is 19.4. The quantitative estimate of drug-likeness (QED) is 0.336. The zero-order chi connectivity index (χ0) is 23.5. The highest BCUT2D eigenvalue weighted by Gasteiger charge is 2.23. The highest BCUT2D eigenvalue weighted by Crippen LogP contribution is 2.31. The molecule has 176 valence electrons. The van der Waals surface area contributed by atoms with Crippen LogP contribution in [-0.2, 0) is 24.3 Å². The van der Waals surface area contributed by atoms with Gasteiger partial charge in [0.05, 0.1) is 36.9 Å². The lowest BCUT2D eigenvalue weighted by Crippen LogP contribution is -2.10. The van der Waals surface area contributed by atoms with Crippen molar-refractivity contribution in [2.24, 2.45) is 5.92 Å². The summed E-state index contributed by atoms with van der Waals surface area (Å²) in [6, 6.07) is 16.5. The minimum absolute atomic E-state index is 0.322. The monoisotopic (exact) mass is 461 g/mol. The standard InChI is InChI=1S/C26H28FN5O2/c1-18(34-17-20-6-4-3-5-7-20)24-12-21(27)10-11-25(24)32-23(14-26(29-32)33-2)13-22-16-31(30-28-22)15-19-8-9-19/h3-7,10-12,14,16,18-19H,8-9,13,15,17H2,1-2H3. The summed E-state index contributed by atoms with van der Waals surface area (Å²) in [6.07, 6.45) is 4.68. The Morgan fingerprint density at radius 1 is 1.12 bits per heavy atom. The maximum atomic E-state index is 14.3. The number of halogens is 1. The Kier molecular flexibility index (Phi) is 6.40. The number of rotatable bonds is 10. The smallest absolute Gasteiger partial charge is 0.233 e. The predicted octanol–water partition coefficient (Wildman–Crippen LogP) is 4.89. The van der Waals surface area contributed by atoms with E-state index in [4.69, 9.17) is 9.47 Å². The lowest BCUT2D eigenvalue weighted by atomic mass is 10.1. The molecule has 7 nitrogen and oxygen atoms in total. The molecule has 2 heterocycles. The van der Waals surface area contributed by atoms with E-state index in [1.165, 1.54) is 25.0 Å². The topological polar surface area (TPSA) is 67.0 Å². The van der Waals surface area contributed by atoms with Crippen LogP contribution in [0.2, 0.25) is 0 Å². The molecule has 0 saturated heterocycles. The van der Waals surface area contributed by atoms with Crippen molar-refractivity contribution in [3.63, 3.8) is 0 Å². The highest BCUT2D eigenvalue weighted by molar-refractivity contribution is 5.44. The molecular formula is C26H28FN5O2. The van der Waals surface area contributed by atoms with Gasteiger partial charge in [0.2, 0.25) is 5.88 Å². The van der Waals surface area contributed by atoms with Crippen molar-refractivity contribution < 1.29 is 13.9 Å². The summed E-state index contributed by atoms with van der Waals surface area (Å²) >= 11 is 0. The Hall–Kier alpha value is -3.52. The van der Waals surface area contributed by atoms with E-state index >= 15 is 0 Å². The largest absolute Gasteiger partial charge is 0.480 e. The van der Waals surface area contributed by atoms with Crippen LogP contribution in [0, 0.1) is 11.7 Å². The van der Waals surface area contributed by atoms with Crippen molar-refractivity contribution >= 4 is 0 Å². The lowest BCUT2D eigenvalue weighted by molar-refractivity contribution is 0.0522. The molecular weight excluding hydrogens is 433 g/mol. The summed E-state index contributed by atoms with van der Waals surface area (Å²) in [5.74, 6) is 0.880. The minimum atomic E-state index is -0.353. The van der Waals surface area contributed by atoms with Crippen LogP contribution < -0.4 is 4.74 Å². The normalized spacial score (nSPS) is 14.3. The first-order chi connectivity index (χ1) is 16.6. The van der Waals surface area contributed by atoms with Gasteiger partial charge in [-0.1, -0.05) is 35.5 Å². The third-order valence-corrected chi connectivity index (χ3v) is 6.06. The van der Waals surface area contributed by atoms with E-state index < -0.39 is 0 Å². The molecule has 0 spiro atoms. The molecule has 2 aromatic carbocycles. The fourth-order valence-electron chi connectivity index (χ4n) is 4.02. The highest BCUT2D eigenvalue weighted by atomic mass is 19.1. The Balaban J connectivity index is 1.42. The molecule has 1 aliphatic carbocycles. The molecule has 0 amide bonds. The molecule has 0 bridgehead atoms. The Labute approximate surface area is 198 Å². The number of nitrogens with zero attached hydrogens (tertiary/aromatic N) is 5. The molecule has 1 fully saturated rings. The van der Waals surface area contributed by atoms with Crippen LogP contribution in [-0.4, -0.2) is 31.9 Å². The second-order valence-electron chi connectivity index (χ2n) is 8.78. The van der Waals surface area contributed by atoms with Gasteiger partial charge in [-0.15, -0.1) is 10.2 Å². The number of benzene rings is 2. The second kappa shape index (κ2) is 9.77. The molecule has 5 rings (SSSR count). The van der Waals surface area contributed by atoms with Crippen LogP contribution in [0.4, 0.5) is 4.39 Å². The van der Waals surface area contributed by atoms with E-state index in [1.54, 1.807) is 17.9 Å². The van der Waals surface area contributed by atoms with Crippen LogP contribution in [0.15, 0.2) is 60.8 Å². The molecule has 8 heteroatoms. The lowest BCUT2D eigenvalue weighted by Gasteiger charge is -2.19. The third kappa shape index (κ3) is 5.17. The van der Waals surface area contributed by atoms with Crippen molar-refractivity contribution in [1.82, 2.24) is 24.8 Å². The van der Waals surface area contributed by atoms with Crippen LogP contribution in [0.5, 0.6) is 5.88 Å². The van der Waals surface area contributed by atoms with Gasteiger partial charge in [0, 0.05) is 30.8 Å². The SMILES string of the molecule is COc1cc(Cc2cn(CC3CC3)nn2)n(-c2ccc(F)cc2C(C)OCc2ccccc2)n1. The maximum Gasteiger partial charge on any atom is 0.233 e. The third-order valence-electron chi connectivity index (χ3n) is 6.06. The van der Waals surface area contributed by atoms with E-state index in [9.17, 15) is 4.39 Å². The van der Waals surface area contributed by atoms with E-state index in [0.29, 0.717) is 24.5 Å². The summed E-state index contributed by atoms with van der Waals surface area (Å²) < 4.78 is 29.5. The van der Waals surface area contributed by atoms with Gasteiger partial charge >= 0.3 is 0 Å². The van der Waals surface area contributed by atoms with E-state index in [-0.39, 0.29) is 11.9 Å². The van der Waals surface area contributed by atoms with Gasteiger partial charge in [0.25, 0.3) is 0 Å². The number of aromatic nitrogens is 5. The van der Waals surface area contributed by atoms with Crippen molar-refractivity contribution in [1.29, 1.82) is 0 Å². The molecule has 0 radical (unpaired) electrons. The van der Waals surface area contributed by atoms with Gasteiger partial charge in [-0.2, -0.15) is 0 Å². The Morgan fingerprint density at radius 3 is 2.71 bits per heavy atom. The molecule has 1 unspecified atom stereocenters. The van der Waals surface area contributed by atoms with Gasteiger partial charge in [-0.05, 0) is 49.4 Å². The molecule has 1 saturated carbocycles. The number of ether oxygens (including phenoxy) is 2. The summed E-state index contributed by atoms with van der Waals surface area (Å²) in [5, 5.41) is 13.2. The van der Waals surface area contributed by atoms with Gasteiger partial charge in [0.15, 0.2) is 0 Å². The van der Waals surface area contributed by atoms with Crippen molar-refractivity contribution in [3.05, 3.63) is 89.1 Å². The van der Waals surface area contributed by atoms with Gasteiger partial charge in [-0.3, -0.25) is 4.68 Å². The van der Waals surface area contributed by atoms with Gasteiger partial charge in [0.1, 0.15) is 5.82 Å². The molecule has 4 aromatic rings. The molecule has 34 heavy (non-hydrogen) atoms. The van der Waals surface area contributed by atoms with Crippen LogP contribution in [0.3, 0.4) is 0 Å². The molecule has 1 atom stereocenters. The average Bonchev–Trinajstić information content (AvgIpc) is 3.41. The first-order valence-corrected chi connectivity index (χ1v) is 11.6. The van der Waals surface area contributed by atoms with E-state index in [1.807, 2.05) is 54.2 Å². The fraction of sp³-hybridized carbons (Fsp3) is 0.346. The van der Waals surface area contributed by atoms with Gasteiger partial charge < -0.3 is 9.47 Å².